The quantitative estimate of drug-likeness (QED) is 0.515. The summed E-state index contributed by atoms with van der Waals surface area (Å²) in [6, 6.07) is 15.5. The van der Waals surface area contributed by atoms with Gasteiger partial charge in [0.2, 0.25) is 0 Å². The Hall–Kier alpha value is -3.13. The van der Waals surface area contributed by atoms with Gasteiger partial charge in [-0.05, 0) is 36.4 Å². The highest BCUT2D eigenvalue weighted by atomic mass is 32.2. The Bertz CT molecular complexity index is 1030. The van der Waals surface area contributed by atoms with Gasteiger partial charge in [-0.15, -0.1) is 0 Å². The number of nitro groups is 1. The monoisotopic (exact) mass is 358 g/mol. The molecule has 0 aliphatic rings. The van der Waals surface area contributed by atoms with Gasteiger partial charge in [0, 0.05) is 17.8 Å². The summed E-state index contributed by atoms with van der Waals surface area (Å²) in [4.78, 5) is 10.8. The second-order valence-corrected chi connectivity index (χ2v) is 6.97. The van der Waals surface area contributed by atoms with Gasteiger partial charge in [-0.2, -0.15) is 0 Å². The van der Waals surface area contributed by atoms with Crippen LogP contribution in [0.2, 0.25) is 0 Å². The highest BCUT2D eigenvalue weighted by molar-refractivity contribution is 7.90. The van der Waals surface area contributed by atoms with E-state index in [1.807, 2.05) is 0 Å². The zero-order chi connectivity index (χ0) is 18.0. The third-order valence-corrected chi connectivity index (χ3v) is 5.39. The molecule has 0 aliphatic heterocycles. The Morgan fingerprint density at radius 1 is 1.04 bits per heavy atom. The van der Waals surface area contributed by atoms with Crippen molar-refractivity contribution in [2.75, 3.05) is 7.11 Å². The molecule has 0 saturated carbocycles. The number of rotatable bonds is 5. The lowest BCUT2D eigenvalue weighted by Gasteiger charge is -2.11. The number of hydrogen-bond acceptors (Lipinski definition) is 5. The van der Waals surface area contributed by atoms with Crippen molar-refractivity contribution >= 4 is 15.7 Å². The van der Waals surface area contributed by atoms with Crippen LogP contribution in [0.3, 0.4) is 0 Å². The summed E-state index contributed by atoms with van der Waals surface area (Å²) in [5.74, 6) is 0.109. The molecule has 0 radical (unpaired) electrons. The zero-order valence-electron chi connectivity index (χ0n) is 13.2. The molecule has 128 valence electrons. The van der Waals surface area contributed by atoms with Crippen LogP contribution >= 0.6 is 0 Å². The fourth-order valence-corrected chi connectivity index (χ4v) is 3.88. The molecular weight excluding hydrogens is 344 g/mol. The molecule has 0 amide bonds. The van der Waals surface area contributed by atoms with E-state index < -0.39 is 14.9 Å². The molecule has 0 atom stereocenters. The lowest BCUT2D eigenvalue weighted by Crippen LogP contribution is -2.13. The Balaban J connectivity index is 2.15. The smallest absolute Gasteiger partial charge is 0.311 e. The fraction of sp³-hybridized carbons (Fsp3) is 0.0588. The van der Waals surface area contributed by atoms with Gasteiger partial charge in [-0.25, -0.2) is 12.4 Å². The molecule has 0 saturated heterocycles. The summed E-state index contributed by atoms with van der Waals surface area (Å²) < 4.78 is 31.8. The standard InChI is InChI=1S/C17H14N2O5S/c1-24-17-10-9-13(12-16(17)19(20)21)15-8-5-11-18(15)25(22,23)14-6-3-2-4-7-14/h2-12H,1H3. The summed E-state index contributed by atoms with van der Waals surface area (Å²) in [6.45, 7) is 0. The van der Waals surface area contributed by atoms with Crippen molar-refractivity contribution < 1.29 is 18.1 Å². The van der Waals surface area contributed by atoms with Crippen molar-refractivity contribution in [2.24, 2.45) is 0 Å². The predicted molar refractivity (Wildman–Crippen MR) is 92.1 cm³/mol. The minimum absolute atomic E-state index is 0.109. The van der Waals surface area contributed by atoms with Gasteiger partial charge in [0.15, 0.2) is 5.75 Å². The molecular formula is C17H14N2O5S. The third kappa shape index (κ3) is 2.99. The Morgan fingerprint density at radius 3 is 2.40 bits per heavy atom. The van der Waals surface area contributed by atoms with Crippen molar-refractivity contribution in [3.8, 4) is 17.0 Å². The lowest BCUT2D eigenvalue weighted by molar-refractivity contribution is -0.385. The van der Waals surface area contributed by atoms with Gasteiger partial charge in [0.25, 0.3) is 10.0 Å². The maximum absolute atomic E-state index is 12.8. The number of benzene rings is 2. The minimum Gasteiger partial charge on any atom is -0.490 e. The van der Waals surface area contributed by atoms with E-state index >= 15 is 0 Å². The number of hydrogen-bond donors (Lipinski definition) is 0. The van der Waals surface area contributed by atoms with Gasteiger partial charge in [-0.1, -0.05) is 18.2 Å². The van der Waals surface area contributed by atoms with Crippen LogP contribution in [-0.4, -0.2) is 24.4 Å². The van der Waals surface area contributed by atoms with Gasteiger partial charge in [0.1, 0.15) is 0 Å². The van der Waals surface area contributed by atoms with E-state index in [4.69, 9.17) is 4.74 Å². The Labute approximate surface area is 144 Å². The van der Waals surface area contributed by atoms with E-state index in [9.17, 15) is 18.5 Å². The van der Waals surface area contributed by atoms with Crippen LogP contribution in [0.5, 0.6) is 5.75 Å². The van der Waals surface area contributed by atoms with E-state index in [1.165, 1.54) is 37.6 Å². The Morgan fingerprint density at radius 2 is 1.76 bits per heavy atom. The van der Waals surface area contributed by atoms with E-state index in [2.05, 4.69) is 0 Å². The fourth-order valence-electron chi connectivity index (χ4n) is 2.50. The average Bonchev–Trinajstić information content (AvgIpc) is 3.12. The molecule has 3 aromatic rings. The van der Waals surface area contributed by atoms with Crippen LogP contribution in [0.1, 0.15) is 0 Å². The molecule has 1 heterocycles. The molecule has 7 nitrogen and oxygen atoms in total. The largest absolute Gasteiger partial charge is 0.490 e. The van der Waals surface area contributed by atoms with Crippen LogP contribution in [0.15, 0.2) is 71.8 Å². The first-order chi connectivity index (χ1) is 11.9. The third-order valence-electron chi connectivity index (χ3n) is 3.68. The average molecular weight is 358 g/mol. The van der Waals surface area contributed by atoms with Crippen LogP contribution in [0.25, 0.3) is 11.3 Å². The highest BCUT2D eigenvalue weighted by Gasteiger charge is 2.22. The van der Waals surface area contributed by atoms with Crippen molar-refractivity contribution in [1.82, 2.24) is 3.97 Å². The first kappa shape index (κ1) is 16.7. The highest BCUT2D eigenvalue weighted by Crippen LogP contribution is 2.33. The lowest BCUT2D eigenvalue weighted by atomic mass is 10.1. The molecule has 0 bridgehead atoms. The second kappa shape index (κ2) is 6.40. The van der Waals surface area contributed by atoms with Crippen molar-refractivity contribution in [3.63, 3.8) is 0 Å². The molecule has 0 fully saturated rings. The van der Waals surface area contributed by atoms with E-state index in [1.54, 1.807) is 36.4 Å². The van der Waals surface area contributed by atoms with Crippen LogP contribution in [0.4, 0.5) is 5.69 Å². The molecule has 0 unspecified atom stereocenters. The molecule has 2 aromatic carbocycles. The second-order valence-electron chi connectivity index (χ2n) is 5.15. The van der Waals surface area contributed by atoms with Gasteiger partial charge >= 0.3 is 5.69 Å². The first-order valence-corrected chi connectivity index (χ1v) is 8.70. The van der Waals surface area contributed by atoms with E-state index in [0.717, 1.165) is 3.97 Å². The van der Waals surface area contributed by atoms with Gasteiger partial charge in [-0.3, -0.25) is 10.1 Å². The number of aromatic nitrogens is 1. The van der Waals surface area contributed by atoms with Crippen LogP contribution in [0, 0.1) is 10.1 Å². The summed E-state index contributed by atoms with van der Waals surface area (Å²) in [6.07, 6.45) is 1.41. The maximum Gasteiger partial charge on any atom is 0.311 e. The van der Waals surface area contributed by atoms with Gasteiger partial charge < -0.3 is 4.74 Å². The molecule has 0 aliphatic carbocycles. The SMILES string of the molecule is COc1ccc(-c2cccn2S(=O)(=O)c2ccccc2)cc1[N+](=O)[O-]. The summed E-state index contributed by atoms with van der Waals surface area (Å²) in [7, 11) is -2.47. The summed E-state index contributed by atoms with van der Waals surface area (Å²) in [5, 5.41) is 11.2. The molecule has 0 spiro atoms. The topological polar surface area (TPSA) is 91.4 Å². The molecule has 8 heteroatoms. The zero-order valence-corrected chi connectivity index (χ0v) is 14.0. The number of ether oxygens (including phenoxy) is 1. The van der Waals surface area contributed by atoms with Crippen molar-refractivity contribution in [1.29, 1.82) is 0 Å². The Kier molecular flexibility index (Phi) is 4.28. The molecule has 1 aromatic heterocycles. The molecule has 25 heavy (non-hydrogen) atoms. The number of nitrogens with zero attached hydrogens (tertiary/aromatic N) is 2. The minimum atomic E-state index is -3.81. The van der Waals surface area contributed by atoms with Crippen molar-refractivity contribution in [2.45, 2.75) is 4.90 Å². The van der Waals surface area contributed by atoms with Crippen LogP contribution < -0.4 is 4.74 Å². The maximum atomic E-state index is 12.8. The number of methoxy groups -OCH3 is 1. The normalized spacial score (nSPS) is 11.2. The molecule has 0 N–H and O–H groups in total. The summed E-state index contributed by atoms with van der Waals surface area (Å²) in [5.41, 5.74) is 0.497. The van der Waals surface area contributed by atoms with Crippen molar-refractivity contribution in [3.05, 3.63) is 77.0 Å². The number of nitro benzene ring substituents is 1. The van der Waals surface area contributed by atoms with E-state index in [-0.39, 0.29) is 16.3 Å². The van der Waals surface area contributed by atoms with E-state index in [0.29, 0.717) is 11.3 Å². The summed E-state index contributed by atoms with van der Waals surface area (Å²) >= 11 is 0. The van der Waals surface area contributed by atoms with Crippen LogP contribution in [-0.2, 0) is 10.0 Å². The molecule has 3 rings (SSSR count). The van der Waals surface area contributed by atoms with Gasteiger partial charge in [0.05, 0.1) is 22.6 Å². The predicted octanol–water partition coefficient (Wildman–Crippen LogP) is 3.31. The first-order valence-electron chi connectivity index (χ1n) is 7.26.